The molecule has 0 aliphatic carbocycles. The number of aliphatic hydroxyl groups excluding tert-OH is 1. The second-order valence-corrected chi connectivity index (χ2v) is 5.01. The van der Waals surface area contributed by atoms with Crippen LogP contribution in [0.4, 0.5) is 0 Å². The number of carbonyl (C=O) groups excluding carboxylic acids is 1. The number of benzene rings is 2. The molecule has 0 heterocycles. The van der Waals surface area contributed by atoms with Gasteiger partial charge in [-0.3, -0.25) is 0 Å². The molecule has 0 aromatic heterocycles. The number of hydrogen-bond acceptors (Lipinski definition) is 5. The summed E-state index contributed by atoms with van der Waals surface area (Å²) in [4.78, 5) is 11.1. The average molecular weight is 328 g/mol. The van der Waals surface area contributed by atoms with Crippen LogP contribution in [-0.2, 0) is 16.1 Å². The van der Waals surface area contributed by atoms with Gasteiger partial charge >= 0.3 is 5.97 Å². The van der Waals surface area contributed by atoms with E-state index < -0.39 is 12.1 Å². The summed E-state index contributed by atoms with van der Waals surface area (Å²) < 4.78 is 16.1. The summed E-state index contributed by atoms with van der Waals surface area (Å²) >= 11 is 0. The molecule has 0 saturated heterocycles. The molecule has 0 amide bonds. The zero-order valence-electron chi connectivity index (χ0n) is 13.3. The highest BCUT2D eigenvalue weighted by Gasteiger charge is 2.10. The van der Waals surface area contributed by atoms with E-state index in [1.807, 2.05) is 36.4 Å². The van der Waals surface area contributed by atoms with Gasteiger partial charge in [0.15, 0.2) is 0 Å². The van der Waals surface area contributed by atoms with Gasteiger partial charge < -0.3 is 19.3 Å². The van der Waals surface area contributed by atoms with Gasteiger partial charge in [-0.2, -0.15) is 0 Å². The molecule has 5 nitrogen and oxygen atoms in total. The fourth-order valence-corrected chi connectivity index (χ4v) is 1.91. The van der Waals surface area contributed by atoms with Gasteiger partial charge in [-0.1, -0.05) is 43.0 Å². The molecule has 0 aliphatic heterocycles. The van der Waals surface area contributed by atoms with Crippen LogP contribution in [0.5, 0.6) is 11.5 Å². The van der Waals surface area contributed by atoms with E-state index in [0.29, 0.717) is 17.1 Å². The zero-order chi connectivity index (χ0) is 17.2. The topological polar surface area (TPSA) is 65.0 Å². The van der Waals surface area contributed by atoms with Gasteiger partial charge in [0.1, 0.15) is 37.4 Å². The molecule has 1 N–H and O–H groups in total. The molecule has 0 radical (unpaired) electrons. The predicted octanol–water partition coefficient (Wildman–Crippen LogP) is 2.73. The molecule has 0 fully saturated rings. The van der Waals surface area contributed by atoms with Crippen molar-refractivity contribution in [3.05, 3.63) is 72.8 Å². The highest BCUT2D eigenvalue weighted by molar-refractivity contribution is 5.81. The molecule has 1 unspecified atom stereocenters. The van der Waals surface area contributed by atoms with Gasteiger partial charge in [-0.25, -0.2) is 4.79 Å². The number of hydrogen-bond donors (Lipinski definition) is 1. The van der Waals surface area contributed by atoms with Crippen LogP contribution in [0.3, 0.4) is 0 Å². The molecule has 1 atom stereocenters. The number of aliphatic hydroxyl groups is 1. The number of ether oxygens (including phenoxy) is 3. The van der Waals surface area contributed by atoms with Crippen molar-refractivity contribution in [1.82, 2.24) is 0 Å². The van der Waals surface area contributed by atoms with Crippen LogP contribution in [0.15, 0.2) is 67.3 Å². The molecule has 2 aromatic rings. The second kappa shape index (κ2) is 9.37. The smallest absolute Gasteiger partial charge is 0.330 e. The Hall–Kier alpha value is -2.79. The lowest BCUT2D eigenvalue weighted by atomic mass is 10.2. The Kier molecular flexibility index (Phi) is 6.86. The normalized spacial score (nSPS) is 11.4. The monoisotopic (exact) mass is 328 g/mol. The first kappa shape index (κ1) is 17.6. The van der Waals surface area contributed by atoms with Crippen molar-refractivity contribution in [3.63, 3.8) is 0 Å². The fraction of sp³-hybridized carbons (Fsp3) is 0.211. The Labute approximate surface area is 141 Å². The second-order valence-electron chi connectivity index (χ2n) is 5.01. The lowest BCUT2D eigenvalue weighted by molar-refractivity contribution is -0.139. The van der Waals surface area contributed by atoms with Crippen molar-refractivity contribution < 1.29 is 24.1 Å². The summed E-state index contributed by atoms with van der Waals surface area (Å²) in [5, 5.41) is 9.97. The zero-order valence-corrected chi connectivity index (χ0v) is 13.3. The van der Waals surface area contributed by atoms with Crippen LogP contribution < -0.4 is 9.47 Å². The predicted molar refractivity (Wildman–Crippen MR) is 89.9 cm³/mol. The molecule has 0 aliphatic rings. The minimum atomic E-state index is -0.783. The van der Waals surface area contributed by atoms with Crippen LogP contribution in [-0.4, -0.2) is 30.4 Å². The summed E-state index contributed by atoms with van der Waals surface area (Å²) in [5.74, 6) is 0.738. The van der Waals surface area contributed by atoms with E-state index in [9.17, 15) is 9.90 Å². The molecule has 0 saturated carbocycles. The van der Waals surface area contributed by atoms with Gasteiger partial charge in [0.25, 0.3) is 0 Å². The quantitative estimate of drug-likeness (QED) is 0.566. The molecule has 24 heavy (non-hydrogen) atoms. The van der Waals surface area contributed by atoms with E-state index in [0.717, 1.165) is 6.08 Å². The molecular weight excluding hydrogens is 308 g/mol. The van der Waals surface area contributed by atoms with Crippen molar-refractivity contribution in [2.75, 3.05) is 13.2 Å². The standard InChI is InChI=1S/C19H20O5/c1-2-19(21)24-12-15-8-6-7-11-18(15)23-14-16(20)13-22-17-9-4-3-5-10-17/h2-11,16,20H,1,12-14H2. The number of para-hydroxylation sites is 2. The van der Waals surface area contributed by atoms with Gasteiger partial charge in [0.05, 0.1) is 0 Å². The first-order valence-electron chi connectivity index (χ1n) is 7.55. The van der Waals surface area contributed by atoms with Crippen LogP contribution in [0.2, 0.25) is 0 Å². The minimum absolute atomic E-state index is 0.0687. The van der Waals surface area contributed by atoms with Gasteiger partial charge in [-0.15, -0.1) is 0 Å². The van der Waals surface area contributed by atoms with Crippen molar-refractivity contribution in [2.24, 2.45) is 0 Å². The maximum Gasteiger partial charge on any atom is 0.330 e. The highest BCUT2D eigenvalue weighted by Crippen LogP contribution is 2.19. The van der Waals surface area contributed by atoms with Crippen molar-refractivity contribution in [2.45, 2.75) is 12.7 Å². The van der Waals surface area contributed by atoms with E-state index >= 15 is 0 Å². The summed E-state index contributed by atoms with van der Waals surface area (Å²) in [6.45, 7) is 3.62. The van der Waals surface area contributed by atoms with Crippen LogP contribution >= 0.6 is 0 Å². The Balaban J connectivity index is 1.82. The fourth-order valence-electron chi connectivity index (χ4n) is 1.91. The SMILES string of the molecule is C=CC(=O)OCc1ccccc1OCC(O)COc1ccccc1. The molecule has 126 valence electrons. The average Bonchev–Trinajstić information content (AvgIpc) is 2.64. The van der Waals surface area contributed by atoms with E-state index in [-0.39, 0.29) is 19.8 Å². The van der Waals surface area contributed by atoms with Crippen molar-refractivity contribution in [3.8, 4) is 11.5 Å². The third-order valence-corrected chi connectivity index (χ3v) is 3.13. The molecule has 2 aromatic carbocycles. The van der Waals surface area contributed by atoms with Crippen LogP contribution in [0.1, 0.15) is 5.56 Å². The first-order valence-corrected chi connectivity index (χ1v) is 7.55. The summed E-state index contributed by atoms with van der Waals surface area (Å²) in [6, 6.07) is 16.4. The Bertz CT molecular complexity index is 654. The molecule has 2 rings (SSSR count). The summed E-state index contributed by atoms with van der Waals surface area (Å²) in [5.41, 5.74) is 0.712. The lowest BCUT2D eigenvalue weighted by Gasteiger charge is -2.15. The maximum absolute atomic E-state index is 11.1. The minimum Gasteiger partial charge on any atom is -0.491 e. The molecule has 0 spiro atoms. The number of carbonyl (C=O) groups is 1. The largest absolute Gasteiger partial charge is 0.491 e. The van der Waals surface area contributed by atoms with E-state index in [4.69, 9.17) is 14.2 Å². The van der Waals surface area contributed by atoms with Crippen molar-refractivity contribution in [1.29, 1.82) is 0 Å². The third-order valence-electron chi connectivity index (χ3n) is 3.13. The van der Waals surface area contributed by atoms with E-state index in [1.165, 1.54) is 0 Å². The number of rotatable bonds is 9. The van der Waals surface area contributed by atoms with Crippen LogP contribution in [0, 0.1) is 0 Å². The van der Waals surface area contributed by atoms with E-state index in [2.05, 4.69) is 6.58 Å². The van der Waals surface area contributed by atoms with E-state index in [1.54, 1.807) is 18.2 Å². The van der Waals surface area contributed by atoms with Crippen LogP contribution in [0.25, 0.3) is 0 Å². The third kappa shape index (κ3) is 5.78. The van der Waals surface area contributed by atoms with Gasteiger partial charge in [0, 0.05) is 11.6 Å². The van der Waals surface area contributed by atoms with Gasteiger partial charge in [-0.05, 0) is 18.2 Å². The molecule has 0 bridgehead atoms. The highest BCUT2D eigenvalue weighted by atomic mass is 16.5. The molecular formula is C19H20O5. The maximum atomic E-state index is 11.1. The Morgan fingerprint density at radius 3 is 2.46 bits per heavy atom. The molecule has 5 heteroatoms. The first-order chi connectivity index (χ1) is 11.7. The lowest BCUT2D eigenvalue weighted by Crippen LogP contribution is -2.25. The van der Waals surface area contributed by atoms with Gasteiger partial charge in [0.2, 0.25) is 0 Å². The Morgan fingerprint density at radius 2 is 1.71 bits per heavy atom. The van der Waals surface area contributed by atoms with Crippen molar-refractivity contribution >= 4 is 5.97 Å². The number of esters is 1. The Morgan fingerprint density at radius 1 is 1.04 bits per heavy atom. The summed E-state index contributed by atoms with van der Waals surface area (Å²) in [7, 11) is 0. The summed E-state index contributed by atoms with van der Waals surface area (Å²) in [6.07, 6.45) is 0.322.